The number of hydrogen-bond acceptors (Lipinski definition) is 6. The minimum atomic E-state index is 0.269. The van der Waals surface area contributed by atoms with Gasteiger partial charge in [0, 0.05) is 12.2 Å². The number of benzene rings is 1. The lowest BCUT2D eigenvalue weighted by atomic mass is 10.0. The van der Waals surface area contributed by atoms with Crippen LogP contribution in [0.4, 0.5) is 0 Å². The summed E-state index contributed by atoms with van der Waals surface area (Å²) in [5.41, 5.74) is 2.31. The molecular formula is C17H23N5OS. The minimum Gasteiger partial charge on any atom is -0.485 e. The Balaban J connectivity index is 2.02. The molecule has 1 aromatic heterocycles. The van der Waals surface area contributed by atoms with Crippen molar-refractivity contribution in [2.24, 2.45) is 0 Å². The molecule has 0 saturated heterocycles. The second kappa shape index (κ2) is 8.60. The van der Waals surface area contributed by atoms with Crippen LogP contribution >= 0.6 is 11.8 Å². The summed E-state index contributed by atoms with van der Waals surface area (Å²) in [6.45, 7) is 6.59. The number of aromatic nitrogens is 3. The van der Waals surface area contributed by atoms with Crippen molar-refractivity contribution >= 4 is 11.8 Å². The van der Waals surface area contributed by atoms with Gasteiger partial charge in [0.1, 0.15) is 12.4 Å². The number of nitrogen functional groups attached to an aromatic ring is 1. The van der Waals surface area contributed by atoms with E-state index in [-0.39, 0.29) is 6.61 Å². The van der Waals surface area contributed by atoms with Crippen LogP contribution in [-0.2, 0) is 6.61 Å². The summed E-state index contributed by atoms with van der Waals surface area (Å²) in [6.07, 6.45) is 1.34. The van der Waals surface area contributed by atoms with Gasteiger partial charge in [-0.2, -0.15) is 5.26 Å². The van der Waals surface area contributed by atoms with Gasteiger partial charge in [0.15, 0.2) is 5.82 Å². The van der Waals surface area contributed by atoms with E-state index in [0.29, 0.717) is 23.3 Å². The van der Waals surface area contributed by atoms with Gasteiger partial charge in [-0.05, 0) is 36.5 Å². The van der Waals surface area contributed by atoms with Gasteiger partial charge in [0.05, 0.1) is 6.07 Å². The molecular weight excluding hydrogens is 322 g/mol. The van der Waals surface area contributed by atoms with Crippen LogP contribution in [0.2, 0.25) is 0 Å². The first-order chi connectivity index (χ1) is 11.5. The molecule has 0 aliphatic carbocycles. The van der Waals surface area contributed by atoms with E-state index in [4.69, 9.17) is 15.8 Å². The highest BCUT2D eigenvalue weighted by Gasteiger charge is 2.13. The highest BCUT2D eigenvalue weighted by molar-refractivity contribution is 7.99. The lowest BCUT2D eigenvalue weighted by molar-refractivity contribution is 0.287. The smallest absolute Gasteiger partial charge is 0.209 e. The summed E-state index contributed by atoms with van der Waals surface area (Å²) >= 11 is 1.50. The summed E-state index contributed by atoms with van der Waals surface area (Å²) in [6, 6.07) is 8.34. The Morgan fingerprint density at radius 1 is 1.38 bits per heavy atom. The van der Waals surface area contributed by atoms with E-state index >= 15 is 0 Å². The Morgan fingerprint density at radius 3 is 2.88 bits per heavy atom. The molecule has 2 N–H and O–H groups in total. The van der Waals surface area contributed by atoms with Crippen molar-refractivity contribution in [2.75, 3.05) is 11.6 Å². The van der Waals surface area contributed by atoms with Crippen LogP contribution in [0.25, 0.3) is 0 Å². The number of nitrogens with two attached hydrogens (primary N) is 1. The predicted octanol–water partition coefficient (Wildman–Crippen LogP) is 3.40. The molecule has 6 nitrogen and oxygen atoms in total. The third kappa shape index (κ3) is 4.65. The normalized spacial score (nSPS) is 10.8. The highest BCUT2D eigenvalue weighted by atomic mass is 32.2. The van der Waals surface area contributed by atoms with E-state index in [0.717, 1.165) is 29.1 Å². The summed E-state index contributed by atoms with van der Waals surface area (Å²) in [7, 11) is 0. The number of unbranched alkanes of at least 4 members (excludes halogenated alkanes) is 1. The largest absolute Gasteiger partial charge is 0.485 e. The fourth-order valence-electron chi connectivity index (χ4n) is 2.20. The van der Waals surface area contributed by atoms with Gasteiger partial charge in [-0.15, -0.1) is 10.2 Å². The Hall–Kier alpha value is -2.20. The van der Waals surface area contributed by atoms with E-state index in [1.807, 2.05) is 13.0 Å². The van der Waals surface area contributed by atoms with Crippen LogP contribution < -0.4 is 10.6 Å². The zero-order valence-corrected chi connectivity index (χ0v) is 15.1. The van der Waals surface area contributed by atoms with E-state index in [2.05, 4.69) is 42.2 Å². The monoisotopic (exact) mass is 345 g/mol. The fourth-order valence-corrected chi connectivity index (χ4v) is 3.02. The molecule has 0 bridgehead atoms. The van der Waals surface area contributed by atoms with Gasteiger partial charge < -0.3 is 10.6 Å². The molecule has 2 aromatic rings. The van der Waals surface area contributed by atoms with E-state index < -0.39 is 0 Å². The number of aryl methyl sites for hydroxylation is 1. The lowest BCUT2D eigenvalue weighted by Crippen LogP contribution is -2.16. The van der Waals surface area contributed by atoms with Crippen molar-refractivity contribution in [3.8, 4) is 11.8 Å². The molecule has 0 aliphatic heterocycles. The molecule has 1 heterocycles. The highest BCUT2D eigenvalue weighted by Crippen LogP contribution is 2.28. The van der Waals surface area contributed by atoms with Gasteiger partial charge in [-0.1, -0.05) is 37.7 Å². The standard InChI is InChI=1S/C17H23N5OS/c1-12(2)14-7-6-13(3)10-15(14)23-11-16-20-21-17(22(16)19)24-9-5-4-8-18/h6-7,10,12H,4-5,9,11,19H2,1-3H3. The molecule has 7 heteroatoms. The van der Waals surface area contributed by atoms with E-state index in [9.17, 15) is 0 Å². The van der Waals surface area contributed by atoms with Crippen molar-refractivity contribution in [1.82, 2.24) is 14.9 Å². The summed E-state index contributed by atoms with van der Waals surface area (Å²) in [4.78, 5) is 0. The first-order valence-electron chi connectivity index (χ1n) is 7.95. The van der Waals surface area contributed by atoms with Crippen LogP contribution in [0.5, 0.6) is 5.75 Å². The molecule has 0 fully saturated rings. The zero-order valence-electron chi connectivity index (χ0n) is 14.3. The van der Waals surface area contributed by atoms with Gasteiger partial charge in [-0.3, -0.25) is 0 Å². The van der Waals surface area contributed by atoms with Gasteiger partial charge >= 0.3 is 0 Å². The van der Waals surface area contributed by atoms with Crippen LogP contribution in [0.15, 0.2) is 23.4 Å². The third-order valence-electron chi connectivity index (χ3n) is 3.55. The molecule has 0 atom stereocenters. The number of ether oxygens (including phenoxy) is 1. The van der Waals surface area contributed by atoms with Gasteiger partial charge in [-0.25, -0.2) is 4.68 Å². The lowest BCUT2D eigenvalue weighted by Gasteiger charge is -2.14. The van der Waals surface area contributed by atoms with Crippen molar-refractivity contribution in [1.29, 1.82) is 5.26 Å². The molecule has 0 amide bonds. The van der Waals surface area contributed by atoms with Crippen molar-refractivity contribution in [2.45, 2.75) is 51.3 Å². The number of hydrogen-bond donors (Lipinski definition) is 1. The molecule has 24 heavy (non-hydrogen) atoms. The summed E-state index contributed by atoms with van der Waals surface area (Å²) in [5.74, 6) is 8.64. The summed E-state index contributed by atoms with van der Waals surface area (Å²) < 4.78 is 7.41. The quantitative estimate of drug-likeness (QED) is 0.448. The molecule has 128 valence electrons. The second-order valence-corrected chi connectivity index (χ2v) is 6.93. The van der Waals surface area contributed by atoms with Crippen LogP contribution in [-0.4, -0.2) is 20.6 Å². The Kier molecular flexibility index (Phi) is 6.50. The molecule has 0 aliphatic rings. The zero-order chi connectivity index (χ0) is 17.5. The topological polar surface area (TPSA) is 89.8 Å². The Bertz CT molecular complexity index is 720. The van der Waals surface area contributed by atoms with Crippen molar-refractivity contribution < 1.29 is 4.74 Å². The van der Waals surface area contributed by atoms with E-state index in [1.54, 1.807) is 0 Å². The molecule has 0 saturated carbocycles. The van der Waals surface area contributed by atoms with Crippen LogP contribution in [0.3, 0.4) is 0 Å². The number of thioether (sulfide) groups is 1. The number of nitriles is 1. The maximum atomic E-state index is 8.55. The average molecular weight is 345 g/mol. The maximum Gasteiger partial charge on any atom is 0.209 e. The molecule has 2 rings (SSSR count). The Morgan fingerprint density at radius 2 is 2.17 bits per heavy atom. The average Bonchev–Trinajstić information content (AvgIpc) is 2.89. The second-order valence-electron chi connectivity index (χ2n) is 5.86. The molecule has 0 unspecified atom stereocenters. The first-order valence-corrected chi connectivity index (χ1v) is 8.94. The molecule has 0 spiro atoms. The predicted molar refractivity (Wildman–Crippen MR) is 95.3 cm³/mol. The van der Waals surface area contributed by atoms with Gasteiger partial charge in [0.2, 0.25) is 5.16 Å². The van der Waals surface area contributed by atoms with Crippen molar-refractivity contribution in [3.05, 3.63) is 35.2 Å². The van der Waals surface area contributed by atoms with Crippen LogP contribution in [0.1, 0.15) is 49.6 Å². The molecule has 0 radical (unpaired) electrons. The minimum absolute atomic E-state index is 0.269. The van der Waals surface area contributed by atoms with Crippen molar-refractivity contribution in [3.63, 3.8) is 0 Å². The van der Waals surface area contributed by atoms with E-state index in [1.165, 1.54) is 16.4 Å². The maximum absolute atomic E-state index is 8.55. The van der Waals surface area contributed by atoms with Gasteiger partial charge in [0.25, 0.3) is 0 Å². The first kappa shape index (κ1) is 18.1. The number of nitrogens with zero attached hydrogens (tertiary/aromatic N) is 4. The third-order valence-corrected chi connectivity index (χ3v) is 4.58. The molecule has 1 aromatic carbocycles. The van der Waals surface area contributed by atoms with Crippen LogP contribution in [0, 0.1) is 18.3 Å². The SMILES string of the molecule is Cc1ccc(C(C)C)c(OCc2nnc(SCCCC#N)n2N)c1. The number of rotatable bonds is 8. The summed E-state index contributed by atoms with van der Waals surface area (Å²) in [5, 5.41) is 17.4. The Labute approximate surface area is 147 Å². The fraction of sp³-hybridized carbons (Fsp3) is 0.471.